The molecule has 21 heavy (non-hydrogen) atoms. The van der Waals surface area contributed by atoms with Gasteiger partial charge in [-0.3, -0.25) is 29.8 Å². The molecule has 0 spiro atoms. The van der Waals surface area contributed by atoms with Crippen LogP contribution in [0, 0.1) is 28.3 Å². The molecule has 0 aromatic rings. The predicted octanol–water partition coefficient (Wildman–Crippen LogP) is -1.10. The van der Waals surface area contributed by atoms with Crippen molar-refractivity contribution in [3.05, 3.63) is 0 Å². The van der Waals surface area contributed by atoms with Gasteiger partial charge in [0.05, 0.1) is 5.41 Å². The third-order valence-electron chi connectivity index (χ3n) is 2.66. The van der Waals surface area contributed by atoms with Crippen LogP contribution in [0.4, 0.5) is 0 Å². The second-order valence-electron chi connectivity index (χ2n) is 4.15. The molecule has 0 aliphatic heterocycles. The number of rotatable bonds is 8. The summed E-state index contributed by atoms with van der Waals surface area (Å²) in [6.07, 6.45) is 0.00161. The van der Waals surface area contributed by atoms with Gasteiger partial charge in [-0.15, -0.1) is 0 Å². The van der Waals surface area contributed by atoms with E-state index in [0.29, 0.717) is 0 Å². The number of nitrogens with zero attached hydrogens (tertiary/aromatic N) is 2. The topological polar surface area (TPSA) is 180 Å². The lowest BCUT2D eigenvalue weighted by Gasteiger charge is -2.26. The summed E-state index contributed by atoms with van der Waals surface area (Å²) in [6, 6.07) is 0. The fourth-order valence-corrected chi connectivity index (χ4v) is 1.67. The normalized spacial score (nSPS) is 9.81. The summed E-state index contributed by atoms with van der Waals surface area (Å²) in [5.41, 5.74) is -2.01. The van der Waals surface area contributed by atoms with Crippen molar-refractivity contribution in [1.82, 2.24) is 10.6 Å². The predicted molar refractivity (Wildman–Crippen MR) is 63.7 cm³/mol. The highest BCUT2D eigenvalue weighted by Crippen LogP contribution is 2.33. The maximum absolute atomic E-state index is 11.4. The Morgan fingerprint density at radius 1 is 0.952 bits per heavy atom. The number of hydrogen-bond acceptors (Lipinski definition) is 6. The Morgan fingerprint density at radius 2 is 1.38 bits per heavy atom. The van der Waals surface area contributed by atoms with Crippen molar-refractivity contribution in [3.8, 4) is 12.4 Å². The van der Waals surface area contributed by atoms with Crippen molar-refractivity contribution in [2.75, 3.05) is 0 Å². The fraction of sp³-hybridized carbons (Fsp3) is 0.455. The number of nitriles is 2. The van der Waals surface area contributed by atoms with E-state index in [1.807, 2.05) is 0 Å². The average Bonchev–Trinajstić information content (AvgIpc) is 2.36. The van der Waals surface area contributed by atoms with Crippen molar-refractivity contribution in [2.45, 2.75) is 25.7 Å². The van der Waals surface area contributed by atoms with Gasteiger partial charge in [0.1, 0.15) is 0 Å². The van der Waals surface area contributed by atoms with Crippen molar-refractivity contribution in [2.24, 2.45) is 5.41 Å². The standard InChI is InChI=1S/C11H12N4O6/c12-5-14-7(16)3-11(10(20)21,2-1-9(18)19)4-8(17)15-6-13/h1-4H2,(H,14,16)(H,15,17)(H,18,19)(H,20,21). The molecule has 0 atom stereocenters. The Bertz CT molecular complexity index is 500. The van der Waals surface area contributed by atoms with Crippen LogP contribution < -0.4 is 10.6 Å². The fourth-order valence-electron chi connectivity index (χ4n) is 1.67. The molecule has 0 aromatic carbocycles. The summed E-state index contributed by atoms with van der Waals surface area (Å²) >= 11 is 0. The molecule has 0 unspecified atom stereocenters. The maximum atomic E-state index is 11.4. The number of hydrogen-bond donors (Lipinski definition) is 4. The van der Waals surface area contributed by atoms with Crippen molar-refractivity contribution >= 4 is 23.8 Å². The molecule has 0 saturated carbocycles. The van der Waals surface area contributed by atoms with Gasteiger partial charge in [-0.1, -0.05) is 0 Å². The van der Waals surface area contributed by atoms with Gasteiger partial charge in [0, 0.05) is 19.3 Å². The first-order valence-electron chi connectivity index (χ1n) is 5.58. The van der Waals surface area contributed by atoms with E-state index in [1.165, 1.54) is 12.4 Å². The second kappa shape index (κ2) is 8.12. The summed E-state index contributed by atoms with van der Waals surface area (Å²) in [6.45, 7) is 0. The maximum Gasteiger partial charge on any atom is 0.310 e. The quantitative estimate of drug-likeness (QED) is 0.321. The van der Waals surface area contributed by atoms with Crippen LogP contribution in [0.5, 0.6) is 0 Å². The van der Waals surface area contributed by atoms with E-state index in [-0.39, 0.29) is 0 Å². The largest absolute Gasteiger partial charge is 0.481 e. The van der Waals surface area contributed by atoms with E-state index in [2.05, 4.69) is 0 Å². The lowest BCUT2D eigenvalue weighted by Crippen LogP contribution is -2.41. The number of aliphatic carboxylic acids is 2. The van der Waals surface area contributed by atoms with Crippen LogP contribution >= 0.6 is 0 Å². The van der Waals surface area contributed by atoms with Gasteiger partial charge in [-0.05, 0) is 6.42 Å². The smallest absolute Gasteiger partial charge is 0.310 e. The average molecular weight is 296 g/mol. The van der Waals surface area contributed by atoms with Gasteiger partial charge in [0.25, 0.3) is 0 Å². The number of amides is 2. The summed E-state index contributed by atoms with van der Waals surface area (Å²) in [5.74, 6) is -4.79. The first-order valence-corrected chi connectivity index (χ1v) is 5.58. The van der Waals surface area contributed by atoms with Crippen LogP contribution in [0.15, 0.2) is 0 Å². The molecule has 0 bridgehead atoms. The highest BCUT2D eigenvalue weighted by molar-refractivity contribution is 5.90. The summed E-state index contributed by atoms with van der Waals surface area (Å²) in [4.78, 5) is 44.8. The van der Waals surface area contributed by atoms with Gasteiger partial charge in [0.2, 0.25) is 11.8 Å². The molecule has 112 valence electrons. The Hall–Kier alpha value is -3.14. The minimum atomic E-state index is -2.01. The molecule has 2 amide bonds. The summed E-state index contributed by atoms with van der Waals surface area (Å²) in [7, 11) is 0. The van der Waals surface area contributed by atoms with Crippen LogP contribution in [-0.2, 0) is 19.2 Å². The summed E-state index contributed by atoms with van der Waals surface area (Å²) < 4.78 is 0. The Morgan fingerprint density at radius 3 is 1.67 bits per heavy atom. The molecular formula is C11H12N4O6. The molecule has 0 aliphatic carbocycles. The number of carboxylic acids is 2. The van der Waals surface area contributed by atoms with Crippen LogP contribution in [-0.4, -0.2) is 34.0 Å². The third kappa shape index (κ3) is 6.02. The Kier molecular flexibility index (Phi) is 6.90. The highest BCUT2D eigenvalue weighted by atomic mass is 16.4. The number of carbonyl (C=O) groups is 4. The van der Waals surface area contributed by atoms with E-state index in [4.69, 9.17) is 15.6 Å². The molecule has 4 N–H and O–H groups in total. The highest BCUT2D eigenvalue weighted by Gasteiger charge is 2.42. The third-order valence-corrected chi connectivity index (χ3v) is 2.66. The van der Waals surface area contributed by atoms with Crippen LogP contribution in [0.3, 0.4) is 0 Å². The van der Waals surface area contributed by atoms with Gasteiger partial charge in [-0.2, -0.15) is 10.5 Å². The summed E-state index contributed by atoms with van der Waals surface area (Å²) in [5, 5.41) is 37.9. The monoisotopic (exact) mass is 296 g/mol. The number of carbonyl (C=O) groups excluding carboxylic acids is 2. The SMILES string of the molecule is N#CNC(=O)CC(CCC(=O)O)(CC(=O)NC#N)C(=O)O. The zero-order valence-corrected chi connectivity index (χ0v) is 10.8. The molecule has 0 fully saturated rings. The second-order valence-corrected chi connectivity index (χ2v) is 4.15. The van der Waals surface area contributed by atoms with Crippen molar-refractivity contribution < 1.29 is 29.4 Å². The molecule has 0 aliphatic rings. The Labute approximate surface area is 119 Å². The molecule has 10 heteroatoms. The molecule has 0 heterocycles. The molecule has 0 radical (unpaired) electrons. The molecule has 0 saturated heterocycles. The van der Waals surface area contributed by atoms with Crippen LogP contribution in [0.1, 0.15) is 25.7 Å². The first kappa shape index (κ1) is 17.9. The molecule has 10 nitrogen and oxygen atoms in total. The van der Waals surface area contributed by atoms with E-state index < -0.39 is 54.9 Å². The van der Waals surface area contributed by atoms with Crippen molar-refractivity contribution in [1.29, 1.82) is 10.5 Å². The lowest BCUT2D eigenvalue weighted by molar-refractivity contribution is -0.155. The van der Waals surface area contributed by atoms with E-state index in [1.54, 1.807) is 10.6 Å². The van der Waals surface area contributed by atoms with Gasteiger partial charge >= 0.3 is 11.9 Å². The minimum absolute atomic E-state index is 0.505. The van der Waals surface area contributed by atoms with Crippen molar-refractivity contribution in [3.63, 3.8) is 0 Å². The Balaban J connectivity index is 5.33. The zero-order valence-electron chi connectivity index (χ0n) is 10.8. The van der Waals surface area contributed by atoms with E-state index in [9.17, 15) is 24.3 Å². The van der Waals surface area contributed by atoms with Crippen LogP contribution in [0.25, 0.3) is 0 Å². The van der Waals surface area contributed by atoms with Gasteiger partial charge < -0.3 is 10.2 Å². The minimum Gasteiger partial charge on any atom is -0.481 e. The zero-order chi connectivity index (χ0) is 16.5. The molecule has 0 aromatic heterocycles. The molecular weight excluding hydrogens is 284 g/mol. The number of carboxylic acid groups (broad SMARTS) is 2. The van der Waals surface area contributed by atoms with Crippen LogP contribution in [0.2, 0.25) is 0 Å². The van der Waals surface area contributed by atoms with E-state index in [0.717, 1.165) is 0 Å². The van der Waals surface area contributed by atoms with Gasteiger partial charge in [-0.25, -0.2) is 0 Å². The molecule has 0 rings (SSSR count). The first-order chi connectivity index (χ1) is 9.77. The van der Waals surface area contributed by atoms with E-state index >= 15 is 0 Å². The lowest BCUT2D eigenvalue weighted by atomic mass is 9.76. The number of nitrogens with one attached hydrogen (secondary N) is 2. The van der Waals surface area contributed by atoms with Gasteiger partial charge in [0.15, 0.2) is 12.4 Å².